The molecule has 9 nitrogen and oxygen atoms in total. The number of nitrogens with one attached hydrogen (secondary N) is 1. The number of hydrogen-bond donors (Lipinski definition) is 2. The van der Waals surface area contributed by atoms with Crippen LogP contribution in [0.25, 0.3) is 22.2 Å². The van der Waals surface area contributed by atoms with Gasteiger partial charge < -0.3 is 24.8 Å². The number of amides is 2. The molecule has 1 spiro atoms. The highest BCUT2D eigenvalue weighted by Gasteiger charge is 2.53. The van der Waals surface area contributed by atoms with Crippen LogP contribution in [0.3, 0.4) is 0 Å². The number of para-hydroxylation sites is 1. The number of pyridine rings is 1. The molecule has 0 aliphatic carbocycles. The maximum absolute atomic E-state index is 14.4. The number of fused-ring (bicyclic) bond motifs is 3. The highest BCUT2D eigenvalue weighted by molar-refractivity contribution is 5.91. The fourth-order valence-electron chi connectivity index (χ4n) is 6.45. The Morgan fingerprint density at radius 2 is 1.98 bits per heavy atom. The minimum atomic E-state index is -1.16. The number of unbranched alkanes of at least 4 members (excludes halogenated alkanes) is 3. The highest BCUT2D eigenvalue weighted by Crippen LogP contribution is 2.47. The lowest BCUT2D eigenvalue weighted by atomic mass is 9.86. The molecule has 46 heavy (non-hydrogen) atoms. The number of nitrogens with zero attached hydrogens (tertiary/aromatic N) is 2. The van der Waals surface area contributed by atoms with Gasteiger partial charge in [0.25, 0.3) is 0 Å². The molecule has 2 amide bonds. The van der Waals surface area contributed by atoms with Gasteiger partial charge in [-0.2, -0.15) is 0 Å². The molecule has 3 atom stereocenters. The van der Waals surface area contributed by atoms with Crippen LogP contribution in [0.1, 0.15) is 71.3 Å². The third-order valence-corrected chi connectivity index (χ3v) is 8.56. The molecule has 1 saturated heterocycles. The number of allylic oxidation sites excluding steroid dienone is 1. The summed E-state index contributed by atoms with van der Waals surface area (Å²) >= 11 is 0. The van der Waals surface area contributed by atoms with Gasteiger partial charge in [-0.3, -0.25) is 4.79 Å². The molecule has 0 bridgehead atoms. The minimum Gasteiger partial charge on any atom is -0.483 e. The number of benzene rings is 2. The first-order valence-corrected chi connectivity index (χ1v) is 15.9. The first kappa shape index (κ1) is 32.9. The number of halogens is 1. The molecule has 1 aromatic heterocycles. The van der Waals surface area contributed by atoms with E-state index in [1.807, 2.05) is 30.3 Å². The van der Waals surface area contributed by atoms with E-state index in [-0.39, 0.29) is 13.0 Å². The van der Waals surface area contributed by atoms with Crippen LogP contribution in [0.5, 0.6) is 5.75 Å². The molecule has 2 aromatic carbocycles. The van der Waals surface area contributed by atoms with Gasteiger partial charge in [0.2, 0.25) is 5.91 Å². The van der Waals surface area contributed by atoms with Gasteiger partial charge in [-0.1, -0.05) is 49.2 Å². The average Bonchev–Trinajstić information content (AvgIpc) is 3.37. The van der Waals surface area contributed by atoms with E-state index < -0.39 is 47.1 Å². The van der Waals surface area contributed by atoms with E-state index in [0.29, 0.717) is 42.7 Å². The van der Waals surface area contributed by atoms with Gasteiger partial charge in [-0.25, -0.2) is 19.0 Å². The number of carbonyl (C=O) groups excluding carboxylic acids is 2. The van der Waals surface area contributed by atoms with E-state index in [1.54, 1.807) is 32.9 Å². The number of carbonyl (C=O) groups is 3. The van der Waals surface area contributed by atoms with Crippen molar-refractivity contribution in [3.8, 4) is 17.0 Å². The van der Waals surface area contributed by atoms with Crippen molar-refractivity contribution in [1.29, 1.82) is 0 Å². The Morgan fingerprint density at radius 3 is 2.70 bits per heavy atom. The monoisotopic (exact) mass is 631 g/mol. The lowest BCUT2D eigenvalue weighted by molar-refractivity contribution is -0.149. The number of aryl methyl sites for hydroxylation is 1. The topological polar surface area (TPSA) is 118 Å². The summed E-state index contributed by atoms with van der Waals surface area (Å²) in [5.41, 5.74) is 0.875. The van der Waals surface area contributed by atoms with Gasteiger partial charge in [0.15, 0.2) is 0 Å². The zero-order valence-electron chi connectivity index (χ0n) is 26.7. The van der Waals surface area contributed by atoms with Gasteiger partial charge in [-0.15, -0.1) is 6.58 Å². The first-order chi connectivity index (χ1) is 21.9. The Balaban J connectivity index is 1.46. The van der Waals surface area contributed by atoms with Crippen molar-refractivity contribution in [2.24, 2.45) is 0 Å². The molecule has 10 heteroatoms. The number of carboxylic acid groups (broad SMARTS) is 1. The van der Waals surface area contributed by atoms with Crippen molar-refractivity contribution in [2.75, 3.05) is 6.54 Å². The van der Waals surface area contributed by atoms with Crippen molar-refractivity contribution < 1.29 is 33.4 Å². The summed E-state index contributed by atoms with van der Waals surface area (Å²) in [6.45, 7) is 8.96. The van der Waals surface area contributed by atoms with E-state index in [4.69, 9.17) is 14.5 Å². The lowest BCUT2D eigenvalue weighted by Crippen LogP contribution is -2.53. The molecule has 3 heterocycles. The van der Waals surface area contributed by atoms with Crippen molar-refractivity contribution in [1.82, 2.24) is 15.2 Å². The Kier molecular flexibility index (Phi) is 9.65. The van der Waals surface area contributed by atoms with Gasteiger partial charge in [0.05, 0.1) is 12.1 Å². The van der Waals surface area contributed by atoms with E-state index in [0.717, 1.165) is 35.7 Å². The average molecular weight is 632 g/mol. The Labute approximate surface area is 268 Å². The second-order valence-corrected chi connectivity index (χ2v) is 13.2. The van der Waals surface area contributed by atoms with Crippen molar-refractivity contribution in [2.45, 2.75) is 95.4 Å². The van der Waals surface area contributed by atoms with E-state index in [2.05, 4.69) is 11.9 Å². The van der Waals surface area contributed by atoms with Crippen LogP contribution in [0, 0.1) is 5.82 Å². The zero-order valence-corrected chi connectivity index (χ0v) is 26.7. The van der Waals surface area contributed by atoms with Gasteiger partial charge in [0, 0.05) is 22.9 Å². The number of aromatic nitrogens is 1. The zero-order chi connectivity index (χ0) is 33.1. The van der Waals surface area contributed by atoms with Crippen molar-refractivity contribution in [3.05, 3.63) is 72.6 Å². The lowest BCUT2D eigenvalue weighted by Gasteiger charge is -2.37. The minimum absolute atomic E-state index is 0.0145. The predicted molar refractivity (Wildman–Crippen MR) is 173 cm³/mol. The van der Waals surface area contributed by atoms with Crippen molar-refractivity contribution >= 4 is 28.9 Å². The summed E-state index contributed by atoms with van der Waals surface area (Å²) in [6, 6.07) is 11.7. The van der Waals surface area contributed by atoms with Crippen LogP contribution in [-0.4, -0.2) is 62.8 Å². The van der Waals surface area contributed by atoms with Crippen LogP contribution in [0.15, 0.2) is 61.2 Å². The molecule has 2 aliphatic heterocycles. The number of alkyl carbamates (subject to hydrolysis) is 1. The molecule has 2 N–H and O–H groups in total. The fourth-order valence-corrected chi connectivity index (χ4v) is 6.45. The molecule has 0 saturated carbocycles. The number of aliphatic carboxylic acids is 1. The molecule has 2 aliphatic rings. The summed E-state index contributed by atoms with van der Waals surface area (Å²) in [6.07, 6.45) is 5.71. The third-order valence-electron chi connectivity index (χ3n) is 8.56. The number of carboxylic acids is 1. The van der Waals surface area contributed by atoms with Crippen molar-refractivity contribution in [3.63, 3.8) is 0 Å². The predicted octanol–water partition coefficient (Wildman–Crippen LogP) is 6.82. The molecule has 5 rings (SSSR count). The SMILES string of the molecule is C=CCCCCC[C@H](NC(=O)OC(C)(C)C)C(=O)N1C[C@@]2(CCc3c(c(-c4cccc(F)c4)nc4ccccc34)O2)C[C@H]1C(=O)O. The smallest absolute Gasteiger partial charge is 0.408 e. The molecule has 0 unspecified atom stereocenters. The maximum Gasteiger partial charge on any atom is 0.408 e. The number of likely N-dealkylation sites (tertiary alicyclic amines) is 1. The first-order valence-electron chi connectivity index (χ1n) is 15.9. The van der Waals surface area contributed by atoms with Crippen LogP contribution >= 0.6 is 0 Å². The normalized spacial score (nSPS) is 19.7. The van der Waals surface area contributed by atoms with Crippen LogP contribution in [-0.2, 0) is 20.7 Å². The van der Waals surface area contributed by atoms with Crippen LogP contribution in [0.2, 0.25) is 0 Å². The van der Waals surface area contributed by atoms with Gasteiger partial charge >= 0.3 is 12.1 Å². The van der Waals surface area contributed by atoms with E-state index in [9.17, 15) is 23.9 Å². The molecule has 0 radical (unpaired) electrons. The number of rotatable bonds is 10. The second kappa shape index (κ2) is 13.5. The fraction of sp³-hybridized carbons (Fsp3) is 0.444. The summed E-state index contributed by atoms with van der Waals surface area (Å²) in [5.74, 6) is -1.58. The summed E-state index contributed by atoms with van der Waals surface area (Å²) in [4.78, 5) is 45.7. The third kappa shape index (κ3) is 7.32. The Hall–Kier alpha value is -4.47. The van der Waals surface area contributed by atoms with Gasteiger partial charge in [0.1, 0.15) is 40.5 Å². The quantitative estimate of drug-likeness (QED) is 0.186. The molecule has 1 fully saturated rings. The molecule has 3 aromatic rings. The summed E-state index contributed by atoms with van der Waals surface area (Å²) < 4.78 is 26.6. The summed E-state index contributed by atoms with van der Waals surface area (Å²) in [5, 5.41) is 13.9. The standard InChI is InChI=1S/C36H42FN3O6/c1-5-6-7-8-9-17-28(39-34(44)46-35(2,3)4)32(41)40-22-36(21-29(40)33(42)43)19-18-26-25-15-10-11-16-27(25)38-30(31(26)45-36)23-13-12-14-24(37)20-23/h5,10-16,20,28-29H,1,6-9,17-19,21-22H2,2-4H3,(H,39,44)(H,42,43)/t28-,29-,36+/m0/s1. The molecular formula is C36H42FN3O6. The Bertz CT molecular complexity index is 1640. The maximum atomic E-state index is 14.4. The van der Waals surface area contributed by atoms with Gasteiger partial charge in [-0.05, 0) is 71.1 Å². The summed E-state index contributed by atoms with van der Waals surface area (Å²) in [7, 11) is 0. The Morgan fingerprint density at radius 1 is 1.20 bits per heavy atom. The molecule has 244 valence electrons. The highest BCUT2D eigenvalue weighted by atomic mass is 19.1. The largest absolute Gasteiger partial charge is 0.483 e. The molecular weight excluding hydrogens is 589 g/mol. The second-order valence-electron chi connectivity index (χ2n) is 13.2. The number of ether oxygens (including phenoxy) is 2. The van der Waals surface area contributed by atoms with E-state index >= 15 is 0 Å². The number of hydrogen-bond acceptors (Lipinski definition) is 6. The van der Waals surface area contributed by atoms with Crippen LogP contribution in [0.4, 0.5) is 9.18 Å². The van der Waals surface area contributed by atoms with Crippen LogP contribution < -0.4 is 10.1 Å². The van der Waals surface area contributed by atoms with E-state index in [1.165, 1.54) is 17.0 Å².